The fourth-order valence-corrected chi connectivity index (χ4v) is 4.94. The SMILES string of the molecule is C=CC(=O)Nc1ccc(C(=O)O)c(-c2c3ccc(=[N+](CC)CC)cc-3oc3cc(N(CC)CC)ccc23)c1. The van der Waals surface area contributed by atoms with Crippen molar-refractivity contribution in [3.63, 3.8) is 0 Å². The molecule has 196 valence electrons. The Morgan fingerprint density at radius 2 is 1.71 bits per heavy atom. The van der Waals surface area contributed by atoms with E-state index in [1.807, 2.05) is 36.4 Å². The van der Waals surface area contributed by atoms with E-state index >= 15 is 0 Å². The monoisotopic (exact) mass is 512 g/mol. The van der Waals surface area contributed by atoms with Crippen molar-refractivity contribution in [2.45, 2.75) is 27.7 Å². The Morgan fingerprint density at radius 3 is 2.34 bits per heavy atom. The van der Waals surface area contributed by atoms with Gasteiger partial charge in [0.2, 0.25) is 11.3 Å². The minimum absolute atomic E-state index is 0.135. The summed E-state index contributed by atoms with van der Waals surface area (Å²) in [5.41, 5.74) is 4.33. The van der Waals surface area contributed by atoms with Crippen LogP contribution in [-0.2, 0) is 4.79 Å². The number of carboxylic acids is 1. The summed E-state index contributed by atoms with van der Waals surface area (Å²) in [6.07, 6.45) is 1.18. The smallest absolute Gasteiger partial charge is 0.336 e. The zero-order chi connectivity index (χ0) is 27.4. The minimum Gasteiger partial charge on any atom is -0.478 e. The molecule has 0 aromatic heterocycles. The van der Waals surface area contributed by atoms with Crippen LogP contribution in [0.3, 0.4) is 0 Å². The molecule has 2 aliphatic rings. The van der Waals surface area contributed by atoms with Crippen LogP contribution in [0.5, 0.6) is 0 Å². The number of aromatic carboxylic acids is 1. The standard InChI is InChI=1S/C31H33N3O4/c1-6-29(35)32-20-11-14-23(31(36)37)26(17-20)30-24-15-12-21(33(7-2)8-3)18-27(24)38-28-19-22(13-16-25(28)30)34(9-4)10-5/h6,11-19H,1,7-10H2,2-5H3,(H-,32,35,36,37)/p+1. The summed E-state index contributed by atoms with van der Waals surface area (Å²) < 4.78 is 8.73. The molecule has 1 aliphatic heterocycles. The van der Waals surface area contributed by atoms with E-state index in [0.717, 1.165) is 53.7 Å². The topological polar surface area (TPSA) is 85.8 Å². The van der Waals surface area contributed by atoms with Gasteiger partial charge in [0.15, 0.2) is 0 Å². The van der Waals surface area contributed by atoms with E-state index in [1.54, 1.807) is 12.1 Å². The van der Waals surface area contributed by atoms with E-state index in [9.17, 15) is 14.7 Å². The van der Waals surface area contributed by atoms with Crippen LogP contribution in [0, 0.1) is 0 Å². The Morgan fingerprint density at radius 1 is 0.974 bits per heavy atom. The number of amides is 1. The predicted molar refractivity (Wildman–Crippen MR) is 154 cm³/mol. The van der Waals surface area contributed by atoms with Gasteiger partial charge in [0.05, 0.1) is 11.6 Å². The normalized spacial score (nSPS) is 10.9. The molecule has 7 heteroatoms. The molecule has 2 aromatic rings. The van der Waals surface area contributed by atoms with Crippen molar-refractivity contribution in [3.05, 3.63) is 78.2 Å². The molecule has 0 radical (unpaired) electrons. The molecule has 0 spiro atoms. The third kappa shape index (κ3) is 5.05. The van der Waals surface area contributed by atoms with Gasteiger partial charge in [-0.15, -0.1) is 0 Å². The third-order valence-electron chi connectivity index (χ3n) is 6.92. The van der Waals surface area contributed by atoms with Crippen LogP contribution in [0.15, 0.2) is 71.7 Å². The van der Waals surface area contributed by atoms with Crippen LogP contribution in [0.25, 0.3) is 33.4 Å². The second kappa shape index (κ2) is 11.3. The summed E-state index contributed by atoms with van der Waals surface area (Å²) in [6.45, 7) is 15.3. The van der Waals surface area contributed by atoms with Crippen molar-refractivity contribution in [1.82, 2.24) is 4.58 Å². The Bertz CT molecular complexity index is 1560. The summed E-state index contributed by atoms with van der Waals surface area (Å²) in [5, 5.41) is 14.7. The van der Waals surface area contributed by atoms with Crippen LogP contribution in [0.1, 0.15) is 38.1 Å². The maximum Gasteiger partial charge on any atom is 0.336 e. The van der Waals surface area contributed by atoms with E-state index in [0.29, 0.717) is 22.6 Å². The van der Waals surface area contributed by atoms with Crippen molar-refractivity contribution in [2.24, 2.45) is 0 Å². The molecular weight excluding hydrogens is 478 g/mol. The Hall–Kier alpha value is -4.39. The Balaban J connectivity index is 2.13. The third-order valence-corrected chi connectivity index (χ3v) is 6.92. The second-order valence-corrected chi connectivity index (χ2v) is 8.94. The first kappa shape index (κ1) is 26.7. The molecule has 0 atom stereocenters. The largest absolute Gasteiger partial charge is 0.478 e. The molecule has 2 aromatic carbocycles. The van der Waals surface area contributed by atoms with Gasteiger partial charge in [0.25, 0.3) is 0 Å². The maximum absolute atomic E-state index is 12.4. The number of hydrogen-bond donors (Lipinski definition) is 2. The number of nitrogens with one attached hydrogen (secondary N) is 1. The molecule has 0 saturated carbocycles. The van der Waals surface area contributed by atoms with E-state index < -0.39 is 5.97 Å². The summed E-state index contributed by atoms with van der Waals surface area (Å²) in [4.78, 5) is 26.6. The van der Waals surface area contributed by atoms with Crippen LogP contribution < -0.4 is 20.1 Å². The molecule has 7 nitrogen and oxygen atoms in total. The molecule has 1 heterocycles. The van der Waals surface area contributed by atoms with Crippen LogP contribution in [0.2, 0.25) is 0 Å². The van der Waals surface area contributed by atoms with Crippen molar-refractivity contribution in [3.8, 4) is 22.5 Å². The number of anilines is 2. The molecule has 0 unspecified atom stereocenters. The lowest BCUT2D eigenvalue weighted by Gasteiger charge is -2.22. The number of carbonyl (C=O) groups is 2. The first-order chi connectivity index (χ1) is 18.3. The van der Waals surface area contributed by atoms with Gasteiger partial charge in [-0.05, 0) is 75.7 Å². The predicted octanol–water partition coefficient (Wildman–Crippen LogP) is 5.69. The highest BCUT2D eigenvalue weighted by Crippen LogP contribution is 2.42. The molecule has 1 amide bonds. The molecule has 1 aliphatic carbocycles. The Labute approximate surface area is 222 Å². The molecule has 0 fully saturated rings. The Kier molecular flexibility index (Phi) is 7.96. The number of nitrogens with zero attached hydrogens (tertiary/aromatic N) is 2. The van der Waals surface area contributed by atoms with E-state index in [4.69, 9.17) is 4.42 Å². The molecule has 0 saturated heterocycles. The highest BCUT2D eigenvalue weighted by atomic mass is 16.4. The van der Waals surface area contributed by atoms with Crippen molar-refractivity contribution in [1.29, 1.82) is 0 Å². The van der Waals surface area contributed by atoms with Crippen LogP contribution >= 0.6 is 0 Å². The summed E-state index contributed by atoms with van der Waals surface area (Å²) in [7, 11) is 0. The first-order valence-electron chi connectivity index (χ1n) is 13.0. The zero-order valence-corrected chi connectivity index (χ0v) is 22.4. The lowest BCUT2D eigenvalue weighted by atomic mass is 9.90. The fraction of sp³-hybridized carbons (Fsp3) is 0.258. The lowest BCUT2D eigenvalue weighted by molar-refractivity contribution is -0.111. The number of benzene rings is 3. The number of carbonyl (C=O) groups excluding carboxylic acids is 1. The molecule has 2 N–H and O–H groups in total. The number of carboxylic acid groups (broad SMARTS) is 1. The van der Waals surface area contributed by atoms with E-state index in [2.05, 4.69) is 49.1 Å². The average molecular weight is 513 g/mol. The summed E-state index contributed by atoms with van der Waals surface area (Å²) >= 11 is 0. The molecular formula is C31H34N3O4+. The average Bonchev–Trinajstić information content (AvgIpc) is 2.92. The van der Waals surface area contributed by atoms with Gasteiger partial charge in [0.1, 0.15) is 24.4 Å². The molecule has 0 bridgehead atoms. The van der Waals surface area contributed by atoms with Gasteiger partial charge < -0.3 is 19.7 Å². The quantitative estimate of drug-likeness (QED) is 0.171. The highest BCUT2D eigenvalue weighted by Gasteiger charge is 2.23. The summed E-state index contributed by atoms with van der Waals surface area (Å²) in [5.74, 6) is -0.766. The fourth-order valence-electron chi connectivity index (χ4n) is 4.94. The van der Waals surface area contributed by atoms with Gasteiger partial charge in [0, 0.05) is 53.1 Å². The van der Waals surface area contributed by atoms with Gasteiger partial charge in [-0.2, -0.15) is 0 Å². The van der Waals surface area contributed by atoms with Crippen LogP contribution in [-0.4, -0.2) is 43.2 Å². The van der Waals surface area contributed by atoms with E-state index in [1.165, 1.54) is 12.1 Å². The van der Waals surface area contributed by atoms with Crippen molar-refractivity contribution in [2.75, 3.05) is 36.4 Å². The molecule has 38 heavy (non-hydrogen) atoms. The first-order valence-corrected chi connectivity index (χ1v) is 13.0. The van der Waals surface area contributed by atoms with Crippen LogP contribution in [0.4, 0.5) is 11.4 Å². The zero-order valence-electron chi connectivity index (χ0n) is 22.4. The second-order valence-electron chi connectivity index (χ2n) is 8.94. The lowest BCUT2D eigenvalue weighted by Crippen LogP contribution is -2.29. The van der Waals surface area contributed by atoms with Gasteiger partial charge in [-0.3, -0.25) is 4.79 Å². The van der Waals surface area contributed by atoms with Crippen molar-refractivity contribution < 1.29 is 19.1 Å². The van der Waals surface area contributed by atoms with Gasteiger partial charge in [-0.25, -0.2) is 9.37 Å². The van der Waals surface area contributed by atoms with E-state index in [-0.39, 0.29) is 11.5 Å². The minimum atomic E-state index is -1.05. The van der Waals surface area contributed by atoms with Gasteiger partial charge in [-0.1, -0.05) is 6.58 Å². The number of rotatable bonds is 9. The summed E-state index contributed by atoms with van der Waals surface area (Å²) in [6, 6.07) is 16.9. The van der Waals surface area contributed by atoms with Crippen molar-refractivity contribution >= 4 is 34.2 Å². The van der Waals surface area contributed by atoms with Gasteiger partial charge >= 0.3 is 5.97 Å². The molecule has 4 rings (SSSR count). The number of hydrogen-bond acceptors (Lipinski definition) is 4. The number of fused-ring (bicyclic) bond motifs is 2. The maximum atomic E-state index is 12.4. The highest BCUT2D eigenvalue weighted by molar-refractivity contribution is 6.09.